The molecule has 0 saturated carbocycles. The molecule has 0 aliphatic carbocycles. The van der Waals surface area contributed by atoms with E-state index in [4.69, 9.17) is 0 Å². The van der Waals surface area contributed by atoms with Crippen LogP contribution < -0.4 is 0 Å². The molecule has 0 spiro atoms. The molecule has 1 aliphatic heterocycles. The molecule has 1 atom stereocenters. The monoisotopic (exact) mass is 97.1 g/mol. The summed E-state index contributed by atoms with van der Waals surface area (Å²) in [6.45, 7) is 3.74. The van der Waals surface area contributed by atoms with Crippen LogP contribution in [0.2, 0.25) is 0 Å². The van der Waals surface area contributed by atoms with Gasteiger partial charge >= 0.3 is 0 Å². The molecule has 1 rings (SSSR count). The smallest absolute Gasteiger partial charge is 0.273 e. The zero-order valence-electron chi connectivity index (χ0n) is 4.22. The molecule has 2 nitrogen and oxygen atoms in total. The number of hydrogen-bond acceptors (Lipinski definition) is 2. The lowest BCUT2D eigenvalue weighted by atomic mass is 10.3. The predicted octanol–water partition coefficient (Wildman–Crippen LogP) is 0.862. The first-order valence-corrected chi connectivity index (χ1v) is 2.37. The van der Waals surface area contributed by atoms with Crippen LogP contribution in [0.15, 0.2) is 4.99 Å². The fourth-order valence-electron chi connectivity index (χ4n) is 0.425. The molecule has 0 aromatic rings. The summed E-state index contributed by atoms with van der Waals surface area (Å²) >= 11 is 0. The first-order chi connectivity index (χ1) is 3.43. The largest absolute Gasteiger partial charge is 0.464 e. The third-order valence-corrected chi connectivity index (χ3v) is 0.915. The summed E-state index contributed by atoms with van der Waals surface area (Å²) in [5, 5.41) is 0. The highest BCUT2D eigenvalue weighted by Crippen LogP contribution is 2.06. The van der Waals surface area contributed by atoms with Crippen molar-refractivity contribution in [1.82, 2.24) is 0 Å². The summed E-state index contributed by atoms with van der Waals surface area (Å²) in [5.74, 6) is 0. The second kappa shape index (κ2) is 1.96. The van der Waals surface area contributed by atoms with Gasteiger partial charge < -0.3 is 4.74 Å². The summed E-state index contributed by atoms with van der Waals surface area (Å²) < 4.78 is 4.61. The van der Waals surface area contributed by atoms with E-state index in [1.807, 2.05) is 0 Å². The van der Waals surface area contributed by atoms with E-state index in [1.165, 1.54) is 0 Å². The lowest BCUT2D eigenvalue weighted by molar-refractivity contribution is 0.412. The van der Waals surface area contributed by atoms with Crippen molar-refractivity contribution in [1.29, 1.82) is 0 Å². The summed E-state index contributed by atoms with van der Waals surface area (Å²) in [7, 11) is 0. The van der Waals surface area contributed by atoms with E-state index in [-0.39, 0.29) is 6.04 Å². The van der Waals surface area contributed by atoms with Crippen LogP contribution in [0.25, 0.3) is 0 Å². The maximum Gasteiger partial charge on any atom is 0.273 e. The van der Waals surface area contributed by atoms with Crippen LogP contribution in [0.1, 0.15) is 13.3 Å². The molecule has 0 aromatic heterocycles. The number of nitrogens with zero attached hydrogens (tertiary/aromatic N) is 1. The van der Waals surface area contributed by atoms with Crippen LogP contribution in [-0.4, -0.2) is 12.4 Å². The van der Waals surface area contributed by atoms with Gasteiger partial charge in [-0.05, 0) is 6.42 Å². The first-order valence-electron chi connectivity index (χ1n) is 2.37. The van der Waals surface area contributed by atoms with E-state index in [2.05, 4.69) is 23.1 Å². The molecular formula is C5H7NO. The normalized spacial score (nSPS) is 27.9. The Bertz CT molecular complexity index is 80.1. The zero-order chi connectivity index (χ0) is 5.11. The molecule has 0 aromatic carbocycles. The molecule has 1 unspecified atom stereocenters. The van der Waals surface area contributed by atoms with Gasteiger partial charge in [0, 0.05) is 0 Å². The van der Waals surface area contributed by atoms with E-state index in [1.54, 1.807) is 6.61 Å². The molecule has 1 heterocycles. The molecule has 2 radical (unpaired) electrons. The van der Waals surface area contributed by atoms with E-state index < -0.39 is 0 Å². The van der Waals surface area contributed by atoms with Gasteiger partial charge in [0.2, 0.25) is 0 Å². The van der Waals surface area contributed by atoms with Gasteiger partial charge in [-0.1, -0.05) is 6.92 Å². The Morgan fingerprint density at radius 1 is 2.00 bits per heavy atom. The summed E-state index contributed by atoms with van der Waals surface area (Å²) in [5.41, 5.74) is 0. The molecule has 0 N–H and O–H groups in total. The van der Waals surface area contributed by atoms with Gasteiger partial charge in [0.25, 0.3) is 6.40 Å². The number of aliphatic imine (C=N–C) groups is 1. The molecule has 0 fully saturated rings. The van der Waals surface area contributed by atoms with Crippen molar-refractivity contribution < 1.29 is 4.74 Å². The lowest BCUT2D eigenvalue weighted by Gasteiger charge is -1.93. The zero-order valence-corrected chi connectivity index (χ0v) is 4.22. The Kier molecular flexibility index (Phi) is 1.29. The lowest BCUT2D eigenvalue weighted by Crippen LogP contribution is -1.95. The summed E-state index contributed by atoms with van der Waals surface area (Å²) in [4.78, 5) is 3.83. The maximum absolute atomic E-state index is 4.61. The second-order valence-corrected chi connectivity index (χ2v) is 1.45. The average Bonchev–Trinajstić information content (AvgIpc) is 2.14. The highest BCUT2D eigenvalue weighted by atomic mass is 16.5. The number of rotatable bonds is 1. The van der Waals surface area contributed by atoms with Crippen molar-refractivity contribution in [3.63, 3.8) is 0 Å². The maximum atomic E-state index is 4.61. The minimum Gasteiger partial charge on any atom is -0.464 e. The molecule has 7 heavy (non-hydrogen) atoms. The molecular weight excluding hydrogens is 90.1 g/mol. The number of hydrogen-bond donors (Lipinski definition) is 0. The van der Waals surface area contributed by atoms with Gasteiger partial charge in [0.15, 0.2) is 6.61 Å². The first kappa shape index (κ1) is 4.62. The molecule has 0 amide bonds. The third kappa shape index (κ3) is 0.918. The third-order valence-electron chi connectivity index (χ3n) is 0.915. The summed E-state index contributed by atoms with van der Waals surface area (Å²) in [6.07, 6.45) is 3.40. The van der Waals surface area contributed by atoms with Gasteiger partial charge in [-0.15, -0.1) is 0 Å². The van der Waals surface area contributed by atoms with E-state index in [0.717, 1.165) is 6.42 Å². The van der Waals surface area contributed by atoms with E-state index in [9.17, 15) is 0 Å². The number of ether oxygens (including phenoxy) is 1. The molecule has 2 heteroatoms. The van der Waals surface area contributed by atoms with Crippen molar-refractivity contribution in [2.75, 3.05) is 0 Å². The van der Waals surface area contributed by atoms with Crippen molar-refractivity contribution in [2.24, 2.45) is 4.99 Å². The topological polar surface area (TPSA) is 21.6 Å². The Hall–Kier alpha value is -0.530. The van der Waals surface area contributed by atoms with Crippen molar-refractivity contribution >= 4 is 6.40 Å². The Morgan fingerprint density at radius 2 is 2.86 bits per heavy atom. The molecule has 0 saturated heterocycles. The van der Waals surface area contributed by atoms with Crippen LogP contribution in [0.4, 0.5) is 0 Å². The van der Waals surface area contributed by atoms with Crippen molar-refractivity contribution in [2.45, 2.75) is 19.4 Å². The van der Waals surface area contributed by atoms with Crippen molar-refractivity contribution in [3.8, 4) is 0 Å². The van der Waals surface area contributed by atoms with E-state index >= 15 is 0 Å². The van der Waals surface area contributed by atoms with Crippen molar-refractivity contribution in [3.05, 3.63) is 6.61 Å². The molecule has 38 valence electrons. The molecule has 0 bridgehead atoms. The van der Waals surface area contributed by atoms with Gasteiger partial charge in [0.05, 0.1) is 6.04 Å². The van der Waals surface area contributed by atoms with Crippen LogP contribution in [0, 0.1) is 6.61 Å². The average molecular weight is 97.1 g/mol. The minimum atomic E-state index is 0.264. The van der Waals surface area contributed by atoms with Gasteiger partial charge in [-0.3, -0.25) is 0 Å². The fourth-order valence-corrected chi connectivity index (χ4v) is 0.425. The SMILES string of the molecule is CCC1[CH]O[C]=N1. The van der Waals surface area contributed by atoms with Gasteiger partial charge in [-0.2, -0.15) is 0 Å². The minimum absolute atomic E-state index is 0.264. The quantitative estimate of drug-likeness (QED) is 0.475. The van der Waals surface area contributed by atoms with Crippen LogP contribution in [0.3, 0.4) is 0 Å². The Balaban J connectivity index is 2.28. The highest BCUT2D eigenvalue weighted by molar-refractivity contribution is 5.50. The van der Waals surface area contributed by atoms with Crippen LogP contribution >= 0.6 is 0 Å². The Labute approximate surface area is 43.2 Å². The standard InChI is InChI=1S/C5H7NO/c1-2-5-3-7-4-6-5/h3,5H,2H2,1H3. The highest BCUT2D eigenvalue weighted by Gasteiger charge is 2.08. The van der Waals surface area contributed by atoms with Crippen LogP contribution in [0.5, 0.6) is 0 Å². The van der Waals surface area contributed by atoms with E-state index in [0.29, 0.717) is 0 Å². The van der Waals surface area contributed by atoms with Gasteiger partial charge in [-0.25, -0.2) is 4.99 Å². The Morgan fingerprint density at radius 3 is 3.14 bits per heavy atom. The van der Waals surface area contributed by atoms with Crippen LogP contribution in [-0.2, 0) is 4.74 Å². The molecule has 1 aliphatic rings. The summed E-state index contributed by atoms with van der Waals surface area (Å²) in [6, 6.07) is 0.264. The second-order valence-electron chi connectivity index (χ2n) is 1.45. The fraction of sp³-hybridized carbons (Fsp3) is 0.600. The predicted molar refractivity (Wildman–Crippen MR) is 26.9 cm³/mol. The van der Waals surface area contributed by atoms with Gasteiger partial charge in [0.1, 0.15) is 0 Å².